The van der Waals surface area contributed by atoms with Crippen LogP contribution in [0.25, 0.3) is 0 Å². The normalized spacial score (nSPS) is 20.5. The van der Waals surface area contributed by atoms with E-state index in [1.54, 1.807) is 6.20 Å². The molecule has 122 valence electrons. The molecule has 0 aliphatic carbocycles. The molecule has 9 nitrogen and oxygen atoms in total. The van der Waals surface area contributed by atoms with E-state index in [2.05, 4.69) is 25.5 Å². The second-order valence-electron chi connectivity index (χ2n) is 5.65. The first-order valence-corrected chi connectivity index (χ1v) is 7.34. The fourth-order valence-corrected chi connectivity index (χ4v) is 2.62. The van der Waals surface area contributed by atoms with Crippen molar-refractivity contribution in [3.63, 3.8) is 0 Å². The highest BCUT2D eigenvalue weighted by atomic mass is 16.6. The molecule has 2 aromatic rings. The van der Waals surface area contributed by atoms with E-state index in [4.69, 9.17) is 10.5 Å². The van der Waals surface area contributed by atoms with Crippen LogP contribution in [0.1, 0.15) is 12.6 Å². The van der Waals surface area contributed by atoms with Gasteiger partial charge in [-0.2, -0.15) is 10.1 Å². The van der Waals surface area contributed by atoms with Crippen LogP contribution in [0.2, 0.25) is 0 Å². The van der Waals surface area contributed by atoms with Crippen molar-refractivity contribution in [2.75, 3.05) is 23.3 Å². The molecule has 2 atom stereocenters. The van der Waals surface area contributed by atoms with Crippen LogP contribution < -0.4 is 16.0 Å². The fourth-order valence-electron chi connectivity index (χ4n) is 2.62. The molecular weight excluding hydrogens is 298 g/mol. The number of carbonyl (C=O) groups is 1. The molecule has 4 N–H and O–H groups in total. The van der Waals surface area contributed by atoms with Crippen molar-refractivity contribution in [3.05, 3.63) is 24.0 Å². The Morgan fingerprint density at radius 2 is 2.30 bits per heavy atom. The van der Waals surface area contributed by atoms with Gasteiger partial charge in [0.1, 0.15) is 17.7 Å². The largest absolute Gasteiger partial charge is 0.444 e. The Labute approximate surface area is 133 Å². The van der Waals surface area contributed by atoms with Gasteiger partial charge in [0.05, 0.1) is 12.7 Å². The average molecular weight is 317 g/mol. The number of ether oxygens (including phenoxy) is 1. The third-order valence-corrected chi connectivity index (χ3v) is 3.70. The molecule has 3 heterocycles. The summed E-state index contributed by atoms with van der Waals surface area (Å²) >= 11 is 0. The molecule has 1 fully saturated rings. The lowest BCUT2D eigenvalue weighted by atomic mass is 10.1. The smallest absolute Gasteiger partial charge is 0.404 e. The summed E-state index contributed by atoms with van der Waals surface area (Å²) in [5.74, 6) is 2.17. The Morgan fingerprint density at radius 1 is 1.48 bits per heavy atom. The minimum absolute atomic E-state index is 0.163. The molecule has 0 radical (unpaired) electrons. The molecule has 0 unspecified atom stereocenters. The van der Waals surface area contributed by atoms with Crippen molar-refractivity contribution in [2.45, 2.75) is 20.0 Å². The van der Waals surface area contributed by atoms with Crippen LogP contribution in [0.15, 0.2) is 18.3 Å². The number of nitrogens with one attached hydrogen (secondary N) is 2. The first-order chi connectivity index (χ1) is 11.0. The van der Waals surface area contributed by atoms with E-state index in [9.17, 15) is 4.79 Å². The zero-order valence-electron chi connectivity index (χ0n) is 13.0. The lowest BCUT2D eigenvalue weighted by molar-refractivity contribution is 0.0970. The van der Waals surface area contributed by atoms with Gasteiger partial charge in [0.25, 0.3) is 0 Å². The highest BCUT2D eigenvalue weighted by molar-refractivity contribution is 5.65. The lowest BCUT2D eigenvalue weighted by Crippen LogP contribution is -2.29. The second-order valence-corrected chi connectivity index (χ2v) is 5.65. The molecule has 0 aromatic carbocycles. The average Bonchev–Trinajstić information content (AvgIpc) is 3.08. The van der Waals surface area contributed by atoms with E-state index >= 15 is 0 Å². The molecule has 0 saturated carbocycles. The van der Waals surface area contributed by atoms with Crippen LogP contribution >= 0.6 is 0 Å². The SMILES string of the molecule is Cc1cc(Nc2ccn[nH]2)nc(N2C[C@@H](C)[C@@H](OC(N)=O)C2)n1. The summed E-state index contributed by atoms with van der Waals surface area (Å²) in [4.78, 5) is 21.9. The predicted molar refractivity (Wildman–Crippen MR) is 84.5 cm³/mol. The van der Waals surface area contributed by atoms with Gasteiger partial charge in [0, 0.05) is 30.3 Å². The minimum atomic E-state index is -0.754. The molecule has 23 heavy (non-hydrogen) atoms. The van der Waals surface area contributed by atoms with Crippen molar-refractivity contribution in [1.29, 1.82) is 0 Å². The van der Waals surface area contributed by atoms with Crippen LogP contribution in [0.5, 0.6) is 0 Å². The van der Waals surface area contributed by atoms with Crippen LogP contribution in [0.3, 0.4) is 0 Å². The van der Waals surface area contributed by atoms with Gasteiger partial charge >= 0.3 is 6.09 Å². The van der Waals surface area contributed by atoms with Crippen molar-refractivity contribution in [3.8, 4) is 0 Å². The summed E-state index contributed by atoms with van der Waals surface area (Å²) in [6.45, 7) is 5.13. The van der Waals surface area contributed by atoms with Gasteiger partial charge in [-0.3, -0.25) is 5.10 Å². The maximum atomic E-state index is 11.0. The molecule has 0 bridgehead atoms. The number of hydrogen-bond donors (Lipinski definition) is 3. The summed E-state index contributed by atoms with van der Waals surface area (Å²) < 4.78 is 5.13. The van der Waals surface area contributed by atoms with Crippen LogP contribution in [-0.4, -0.2) is 45.5 Å². The quantitative estimate of drug-likeness (QED) is 0.773. The number of rotatable bonds is 4. The molecule has 1 amide bonds. The lowest BCUT2D eigenvalue weighted by Gasteiger charge is -2.17. The van der Waals surface area contributed by atoms with Crippen molar-refractivity contribution >= 4 is 23.7 Å². The van der Waals surface area contributed by atoms with Gasteiger partial charge in [-0.25, -0.2) is 9.78 Å². The van der Waals surface area contributed by atoms with E-state index in [-0.39, 0.29) is 12.0 Å². The first kappa shape index (κ1) is 15.1. The molecule has 2 aromatic heterocycles. The number of primary amides is 1. The fraction of sp³-hybridized carbons (Fsp3) is 0.429. The molecular formula is C14H19N7O2. The number of nitrogens with two attached hydrogens (primary N) is 1. The third kappa shape index (κ3) is 3.50. The second kappa shape index (κ2) is 6.11. The van der Waals surface area contributed by atoms with Gasteiger partial charge in [-0.1, -0.05) is 6.92 Å². The topological polar surface area (TPSA) is 122 Å². The zero-order chi connectivity index (χ0) is 16.4. The Kier molecular flexibility index (Phi) is 4.00. The summed E-state index contributed by atoms with van der Waals surface area (Å²) in [6.07, 6.45) is 0.654. The Morgan fingerprint density at radius 3 is 3.00 bits per heavy atom. The van der Waals surface area contributed by atoms with Crippen LogP contribution in [-0.2, 0) is 4.74 Å². The van der Waals surface area contributed by atoms with E-state index in [0.717, 1.165) is 11.5 Å². The standard InChI is InChI=1S/C14H19N7O2/c1-8-6-21(7-10(8)23-13(15)22)14-17-9(2)5-12(19-14)18-11-3-4-16-20-11/h3-5,8,10H,6-7H2,1-2H3,(H2,15,22)(H2,16,17,18,19,20)/t8-,10+/m1/s1. The van der Waals surface area contributed by atoms with Gasteiger partial charge in [-0.05, 0) is 6.92 Å². The van der Waals surface area contributed by atoms with Gasteiger partial charge in [0.2, 0.25) is 5.95 Å². The summed E-state index contributed by atoms with van der Waals surface area (Å²) in [6, 6.07) is 3.66. The van der Waals surface area contributed by atoms with Gasteiger partial charge < -0.3 is 20.7 Å². The number of aromatic nitrogens is 4. The molecule has 0 spiro atoms. The van der Waals surface area contributed by atoms with Crippen molar-refractivity contribution in [1.82, 2.24) is 20.2 Å². The van der Waals surface area contributed by atoms with E-state index in [0.29, 0.717) is 24.9 Å². The van der Waals surface area contributed by atoms with Gasteiger partial charge in [0.15, 0.2) is 0 Å². The summed E-state index contributed by atoms with van der Waals surface area (Å²) in [5, 5.41) is 9.85. The number of carbonyl (C=O) groups excluding carboxylic acids is 1. The highest BCUT2D eigenvalue weighted by Crippen LogP contribution is 2.25. The summed E-state index contributed by atoms with van der Waals surface area (Å²) in [7, 11) is 0. The monoisotopic (exact) mass is 317 g/mol. The highest BCUT2D eigenvalue weighted by Gasteiger charge is 2.33. The molecule has 1 aliphatic rings. The first-order valence-electron chi connectivity index (χ1n) is 7.34. The van der Waals surface area contributed by atoms with Crippen LogP contribution in [0, 0.1) is 12.8 Å². The maximum Gasteiger partial charge on any atom is 0.404 e. The minimum Gasteiger partial charge on any atom is -0.444 e. The number of hydrogen-bond acceptors (Lipinski definition) is 7. The Bertz CT molecular complexity index is 688. The Hall–Kier alpha value is -2.84. The molecule has 3 rings (SSSR count). The van der Waals surface area contributed by atoms with E-state index in [1.165, 1.54) is 0 Å². The van der Waals surface area contributed by atoms with E-state index < -0.39 is 6.09 Å². The number of aryl methyl sites for hydroxylation is 1. The number of aromatic amines is 1. The third-order valence-electron chi connectivity index (χ3n) is 3.70. The molecule has 9 heteroatoms. The number of nitrogens with zero attached hydrogens (tertiary/aromatic N) is 4. The van der Waals surface area contributed by atoms with Crippen LogP contribution in [0.4, 0.5) is 22.4 Å². The Balaban J connectivity index is 1.77. The predicted octanol–water partition coefficient (Wildman–Crippen LogP) is 1.17. The van der Waals surface area contributed by atoms with E-state index in [1.807, 2.05) is 30.9 Å². The molecule has 1 aliphatic heterocycles. The zero-order valence-corrected chi connectivity index (χ0v) is 13.0. The number of anilines is 3. The van der Waals surface area contributed by atoms with Gasteiger partial charge in [-0.15, -0.1) is 0 Å². The maximum absolute atomic E-state index is 11.0. The summed E-state index contributed by atoms with van der Waals surface area (Å²) in [5.41, 5.74) is 5.95. The number of H-pyrrole nitrogens is 1. The van der Waals surface area contributed by atoms with Crippen molar-refractivity contribution in [2.24, 2.45) is 11.7 Å². The number of amides is 1. The van der Waals surface area contributed by atoms with Crippen molar-refractivity contribution < 1.29 is 9.53 Å². The molecule has 1 saturated heterocycles.